The lowest BCUT2D eigenvalue weighted by Gasteiger charge is -2.30. The van der Waals surface area contributed by atoms with Crippen molar-refractivity contribution in [2.45, 2.75) is 32.4 Å². The maximum Gasteiger partial charge on any atom is 0.240 e. The number of nitrogens with zero attached hydrogens (tertiary/aromatic N) is 1. The highest BCUT2D eigenvalue weighted by atomic mass is 16.2. The molecule has 1 amide bonds. The number of ketones is 1. The van der Waals surface area contributed by atoms with Gasteiger partial charge in [0.1, 0.15) is 5.78 Å². The van der Waals surface area contributed by atoms with E-state index in [-0.39, 0.29) is 23.7 Å². The fraction of sp³-hybridized carbons (Fsp3) is 0.500. The predicted octanol–water partition coefficient (Wildman–Crippen LogP) is 1.14. The van der Waals surface area contributed by atoms with Crippen LogP contribution in [-0.2, 0) is 22.6 Å². The number of nitrogens with one attached hydrogen (secondary N) is 1. The van der Waals surface area contributed by atoms with E-state index in [1.165, 1.54) is 11.1 Å². The van der Waals surface area contributed by atoms with E-state index in [0.29, 0.717) is 19.5 Å². The van der Waals surface area contributed by atoms with Gasteiger partial charge < -0.3 is 10.2 Å². The van der Waals surface area contributed by atoms with Gasteiger partial charge in [0.15, 0.2) is 0 Å². The zero-order valence-corrected chi connectivity index (χ0v) is 11.8. The minimum atomic E-state index is -0.186. The molecule has 106 valence electrons. The number of hydrogen-bond acceptors (Lipinski definition) is 3. The average Bonchev–Trinajstić information content (AvgIpc) is 2.96. The van der Waals surface area contributed by atoms with Gasteiger partial charge in [0.25, 0.3) is 0 Å². The van der Waals surface area contributed by atoms with Gasteiger partial charge in [-0.05, 0) is 30.9 Å². The first-order valence-corrected chi connectivity index (χ1v) is 7.24. The Labute approximate surface area is 119 Å². The summed E-state index contributed by atoms with van der Waals surface area (Å²) in [5.41, 5.74) is 2.59. The summed E-state index contributed by atoms with van der Waals surface area (Å²) in [6.45, 7) is 3.71. The number of Topliss-reactive ketones (excluding diaryl/α,β-unsaturated/α-hetero) is 1. The Bertz CT molecular complexity index is 541. The highest BCUT2D eigenvalue weighted by Crippen LogP contribution is 2.22. The van der Waals surface area contributed by atoms with E-state index in [9.17, 15) is 9.59 Å². The van der Waals surface area contributed by atoms with Crippen molar-refractivity contribution in [1.82, 2.24) is 10.2 Å². The van der Waals surface area contributed by atoms with E-state index in [1.807, 2.05) is 17.0 Å². The van der Waals surface area contributed by atoms with Gasteiger partial charge in [0.05, 0.1) is 6.04 Å². The van der Waals surface area contributed by atoms with Crippen LogP contribution >= 0.6 is 0 Å². The van der Waals surface area contributed by atoms with Crippen molar-refractivity contribution in [1.29, 1.82) is 0 Å². The first kappa shape index (κ1) is 13.3. The Hall–Kier alpha value is -1.68. The van der Waals surface area contributed by atoms with Crippen molar-refractivity contribution < 1.29 is 9.59 Å². The summed E-state index contributed by atoms with van der Waals surface area (Å²) in [7, 11) is 0. The molecule has 4 heteroatoms. The average molecular weight is 272 g/mol. The van der Waals surface area contributed by atoms with Gasteiger partial charge in [-0.1, -0.05) is 24.3 Å². The topological polar surface area (TPSA) is 49.4 Å². The summed E-state index contributed by atoms with van der Waals surface area (Å²) >= 11 is 0. The van der Waals surface area contributed by atoms with E-state index in [0.717, 1.165) is 13.0 Å². The van der Waals surface area contributed by atoms with Crippen molar-refractivity contribution in [2.75, 3.05) is 13.1 Å². The summed E-state index contributed by atoms with van der Waals surface area (Å²) in [5.74, 6) is 0.320. The summed E-state index contributed by atoms with van der Waals surface area (Å²) in [6.07, 6.45) is 1.57. The number of carbonyl (C=O) groups excluding carboxylic acids is 2. The molecule has 1 aromatic carbocycles. The van der Waals surface area contributed by atoms with Gasteiger partial charge in [-0.3, -0.25) is 9.59 Å². The lowest BCUT2D eigenvalue weighted by molar-refractivity contribution is -0.134. The molecule has 0 aromatic heterocycles. The molecule has 1 N–H and O–H groups in total. The second kappa shape index (κ2) is 5.37. The molecule has 0 aliphatic carbocycles. The van der Waals surface area contributed by atoms with Crippen LogP contribution in [0.1, 0.15) is 24.5 Å². The molecule has 1 aromatic rings. The van der Waals surface area contributed by atoms with E-state index in [4.69, 9.17) is 0 Å². The van der Waals surface area contributed by atoms with Gasteiger partial charge >= 0.3 is 0 Å². The summed E-state index contributed by atoms with van der Waals surface area (Å²) in [4.78, 5) is 25.8. The second-order valence-electron chi connectivity index (χ2n) is 5.78. The van der Waals surface area contributed by atoms with Crippen LogP contribution in [-0.4, -0.2) is 35.7 Å². The SMILES string of the molecule is CC(=O)C1CNC(C(=O)N2CCc3ccccc3C2)C1. The van der Waals surface area contributed by atoms with Crippen LogP contribution in [0.2, 0.25) is 0 Å². The van der Waals surface area contributed by atoms with E-state index in [1.54, 1.807) is 6.92 Å². The molecule has 1 fully saturated rings. The third-order valence-corrected chi connectivity index (χ3v) is 4.45. The molecule has 1 saturated heterocycles. The van der Waals surface area contributed by atoms with Crippen LogP contribution < -0.4 is 5.32 Å². The third kappa shape index (κ3) is 2.48. The number of rotatable bonds is 2. The molecule has 3 rings (SSSR count). The molecule has 0 bridgehead atoms. The van der Waals surface area contributed by atoms with Gasteiger partial charge in [-0.25, -0.2) is 0 Å². The normalized spacial score (nSPS) is 25.4. The summed E-state index contributed by atoms with van der Waals surface area (Å²) in [5, 5.41) is 3.20. The molecule has 0 saturated carbocycles. The fourth-order valence-corrected chi connectivity index (χ4v) is 3.14. The maximum absolute atomic E-state index is 12.5. The second-order valence-corrected chi connectivity index (χ2v) is 5.78. The van der Waals surface area contributed by atoms with Crippen LogP contribution in [0.3, 0.4) is 0 Å². The van der Waals surface area contributed by atoms with Gasteiger partial charge in [0, 0.05) is 25.6 Å². The zero-order chi connectivity index (χ0) is 14.1. The number of amides is 1. The lowest BCUT2D eigenvalue weighted by Crippen LogP contribution is -2.45. The molecule has 2 atom stereocenters. The number of carbonyl (C=O) groups is 2. The molecular formula is C16H20N2O2. The number of benzene rings is 1. The molecule has 0 spiro atoms. The molecular weight excluding hydrogens is 252 g/mol. The predicted molar refractivity (Wildman–Crippen MR) is 76.1 cm³/mol. The zero-order valence-electron chi connectivity index (χ0n) is 11.8. The molecule has 2 heterocycles. The van der Waals surface area contributed by atoms with Crippen LogP contribution in [0.4, 0.5) is 0 Å². The monoisotopic (exact) mass is 272 g/mol. The minimum absolute atomic E-state index is 0.000951. The Kier molecular flexibility index (Phi) is 3.57. The lowest BCUT2D eigenvalue weighted by atomic mass is 9.98. The Morgan fingerprint density at radius 1 is 1.25 bits per heavy atom. The maximum atomic E-state index is 12.5. The Balaban J connectivity index is 1.66. The number of hydrogen-bond donors (Lipinski definition) is 1. The third-order valence-electron chi connectivity index (χ3n) is 4.45. The molecule has 0 radical (unpaired) electrons. The summed E-state index contributed by atoms with van der Waals surface area (Å²) < 4.78 is 0. The highest BCUT2D eigenvalue weighted by Gasteiger charge is 2.34. The van der Waals surface area contributed by atoms with Crippen LogP contribution in [0.25, 0.3) is 0 Å². The van der Waals surface area contributed by atoms with Gasteiger partial charge in [-0.15, -0.1) is 0 Å². The molecule has 20 heavy (non-hydrogen) atoms. The first-order valence-electron chi connectivity index (χ1n) is 7.24. The standard InChI is InChI=1S/C16H20N2O2/c1-11(19)14-8-15(17-9-14)16(20)18-7-6-12-4-2-3-5-13(12)10-18/h2-5,14-15,17H,6-10H2,1H3. The van der Waals surface area contributed by atoms with Crippen LogP contribution in [0.5, 0.6) is 0 Å². The van der Waals surface area contributed by atoms with E-state index in [2.05, 4.69) is 17.4 Å². The summed E-state index contributed by atoms with van der Waals surface area (Å²) in [6, 6.07) is 8.11. The highest BCUT2D eigenvalue weighted by molar-refractivity contribution is 5.85. The van der Waals surface area contributed by atoms with E-state index >= 15 is 0 Å². The smallest absolute Gasteiger partial charge is 0.240 e. The fourth-order valence-electron chi connectivity index (χ4n) is 3.14. The largest absolute Gasteiger partial charge is 0.337 e. The quantitative estimate of drug-likeness (QED) is 0.878. The van der Waals surface area contributed by atoms with Crippen LogP contribution in [0, 0.1) is 5.92 Å². The number of fused-ring (bicyclic) bond motifs is 1. The Morgan fingerprint density at radius 2 is 2.00 bits per heavy atom. The van der Waals surface area contributed by atoms with E-state index < -0.39 is 0 Å². The van der Waals surface area contributed by atoms with Crippen molar-refractivity contribution in [3.05, 3.63) is 35.4 Å². The van der Waals surface area contributed by atoms with Crippen LogP contribution in [0.15, 0.2) is 24.3 Å². The molecule has 2 aliphatic rings. The van der Waals surface area contributed by atoms with Crippen molar-refractivity contribution >= 4 is 11.7 Å². The van der Waals surface area contributed by atoms with Crippen molar-refractivity contribution in [2.24, 2.45) is 5.92 Å². The molecule has 2 aliphatic heterocycles. The minimum Gasteiger partial charge on any atom is -0.337 e. The first-order chi connectivity index (χ1) is 9.65. The van der Waals surface area contributed by atoms with Gasteiger partial charge in [0.2, 0.25) is 5.91 Å². The van der Waals surface area contributed by atoms with Gasteiger partial charge in [-0.2, -0.15) is 0 Å². The van der Waals surface area contributed by atoms with Crippen molar-refractivity contribution in [3.63, 3.8) is 0 Å². The van der Waals surface area contributed by atoms with Crippen molar-refractivity contribution in [3.8, 4) is 0 Å². The molecule has 2 unspecified atom stereocenters. The molecule has 4 nitrogen and oxygen atoms in total. The Morgan fingerprint density at radius 3 is 2.70 bits per heavy atom.